The molecule has 0 aliphatic carbocycles. The fourth-order valence-corrected chi connectivity index (χ4v) is 5.62. The van der Waals surface area contributed by atoms with Crippen molar-refractivity contribution in [2.75, 3.05) is 26.2 Å². The highest BCUT2D eigenvalue weighted by molar-refractivity contribution is 7.89. The van der Waals surface area contributed by atoms with Crippen LogP contribution in [0, 0.1) is 0 Å². The first-order valence-corrected chi connectivity index (χ1v) is 11.5. The van der Waals surface area contributed by atoms with Crippen LogP contribution in [0.1, 0.15) is 24.0 Å². The van der Waals surface area contributed by atoms with E-state index >= 15 is 0 Å². The minimum atomic E-state index is -3.54. The van der Waals surface area contributed by atoms with Gasteiger partial charge in [-0.3, -0.25) is 4.79 Å². The zero-order valence-corrected chi connectivity index (χ0v) is 17.6. The number of fused-ring (bicyclic) bond motifs is 1. The maximum atomic E-state index is 12.6. The molecule has 0 bridgehead atoms. The molecule has 1 amide bonds. The van der Waals surface area contributed by atoms with Gasteiger partial charge in [0, 0.05) is 26.2 Å². The Labute approximate surface area is 176 Å². The van der Waals surface area contributed by atoms with Gasteiger partial charge in [-0.15, -0.1) is 0 Å². The summed E-state index contributed by atoms with van der Waals surface area (Å²) in [5.74, 6) is 0.183. The molecule has 0 radical (unpaired) electrons. The number of carbonyl (C=O) groups is 1. The number of nitrogens with zero attached hydrogens (tertiary/aromatic N) is 2. The van der Waals surface area contributed by atoms with E-state index in [4.69, 9.17) is 16.3 Å². The average Bonchev–Trinajstić information content (AvgIpc) is 3.28. The van der Waals surface area contributed by atoms with E-state index in [0.29, 0.717) is 31.9 Å². The first-order chi connectivity index (χ1) is 13.9. The van der Waals surface area contributed by atoms with Crippen molar-refractivity contribution in [2.45, 2.75) is 30.7 Å². The highest BCUT2D eigenvalue weighted by atomic mass is 35.5. The predicted molar refractivity (Wildman–Crippen MR) is 111 cm³/mol. The van der Waals surface area contributed by atoms with Crippen LogP contribution >= 0.6 is 11.6 Å². The number of hydrogen-bond acceptors (Lipinski definition) is 4. The first-order valence-electron chi connectivity index (χ1n) is 9.72. The maximum Gasteiger partial charge on any atom is 0.260 e. The number of halogens is 1. The van der Waals surface area contributed by atoms with Gasteiger partial charge in [0.15, 0.2) is 6.61 Å². The SMILES string of the molecule is O=C(COc1ccc(S(=O)(=O)N2CCCC2)cc1Cl)N1CCc2ccccc2C1. The van der Waals surface area contributed by atoms with Gasteiger partial charge < -0.3 is 9.64 Å². The molecule has 2 aromatic rings. The molecule has 0 spiro atoms. The third kappa shape index (κ3) is 4.27. The van der Waals surface area contributed by atoms with Crippen molar-refractivity contribution < 1.29 is 17.9 Å². The Balaban J connectivity index is 1.39. The normalized spacial score (nSPS) is 17.2. The Kier molecular flexibility index (Phi) is 5.81. The average molecular weight is 435 g/mol. The number of rotatable bonds is 5. The number of hydrogen-bond donors (Lipinski definition) is 0. The van der Waals surface area contributed by atoms with Gasteiger partial charge in [-0.1, -0.05) is 35.9 Å². The minimum absolute atomic E-state index is 0.121. The Morgan fingerprint density at radius 1 is 1.03 bits per heavy atom. The van der Waals surface area contributed by atoms with Crippen molar-refractivity contribution in [2.24, 2.45) is 0 Å². The molecule has 8 heteroatoms. The van der Waals surface area contributed by atoms with Crippen molar-refractivity contribution in [1.29, 1.82) is 0 Å². The third-order valence-electron chi connectivity index (χ3n) is 5.44. The van der Waals surface area contributed by atoms with Crippen molar-refractivity contribution in [3.05, 3.63) is 58.6 Å². The molecule has 0 saturated carbocycles. The van der Waals surface area contributed by atoms with Gasteiger partial charge in [0.1, 0.15) is 5.75 Å². The second-order valence-corrected chi connectivity index (χ2v) is 9.67. The van der Waals surface area contributed by atoms with Crippen LogP contribution in [0.4, 0.5) is 0 Å². The summed E-state index contributed by atoms with van der Waals surface area (Å²) in [6, 6.07) is 12.5. The standard InChI is InChI=1S/C21H23ClN2O4S/c22-19-13-18(29(26,27)24-10-3-4-11-24)7-8-20(19)28-15-21(25)23-12-9-16-5-1-2-6-17(16)14-23/h1-2,5-8,13H,3-4,9-12,14-15H2. The van der Waals surface area contributed by atoms with Crippen LogP contribution < -0.4 is 4.74 Å². The van der Waals surface area contributed by atoms with E-state index in [1.54, 1.807) is 4.90 Å². The van der Waals surface area contributed by atoms with Crippen LogP contribution in [-0.4, -0.2) is 49.8 Å². The number of sulfonamides is 1. The third-order valence-corrected chi connectivity index (χ3v) is 7.63. The van der Waals surface area contributed by atoms with Gasteiger partial charge in [0.05, 0.1) is 9.92 Å². The zero-order valence-electron chi connectivity index (χ0n) is 16.0. The highest BCUT2D eigenvalue weighted by Gasteiger charge is 2.28. The molecule has 29 heavy (non-hydrogen) atoms. The number of benzene rings is 2. The molecular weight excluding hydrogens is 412 g/mol. The summed E-state index contributed by atoms with van der Waals surface area (Å²) in [4.78, 5) is 14.5. The largest absolute Gasteiger partial charge is 0.482 e. The molecule has 2 aliphatic rings. The molecule has 1 fully saturated rings. The summed E-state index contributed by atoms with van der Waals surface area (Å²) in [5, 5.41) is 0.182. The molecule has 0 aromatic heterocycles. The van der Waals surface area contributed by atoms with E-state index in [1.807, 2.05) is 18.2 Å². The molecule has 6 nitrogen and oxygen atoms in total. The second kappa shape index (κ2) is 8.34. The summed E-state index contributed by atoms with van der Waals surface area (Å²) in [6.45, 7) is 2.15. The number of carbonyl (C=O) groups excluding carboxylic acids is 1. The van der Waals surface area contributed by atoms with Crippen molar-refractivity contribution in [3.63, 3.8) is 0 Å². The van der Waals surface area contributed by atoms with Gasteiger partial charge in [0.2, 0.25) is 10.0 Å². The van der Waals surface area contributed by atoms with Gasteiger partial charge >= 0.3 is 0 Å². The molecule has 0 unspecified atom stereocenters. The van der Waals surface area contributed by atoms with Crippen LogP contribution in [0.2, 0.25) is 5.02 Å². The van der Waals surface area contributed by atoms with E-state index in [-0.39, 0.29) is 22.4 Å². The summed E-state index contributed by atoms with van der Waals surface area (Å²) in [5.41, 5.74) is 2.43. The summed E-state index contributed by atoms with van der Waals surface area (Å²) in [6.07, 6.45) is 2.57. The molecule has 2 aromatic carbocycles. The number of ether oxygens (including phenoxy) is 1. The zero-order chi connectivity index (χ0) is 20.4. The van der Waals surface area contributed by atoms with Crippen molar-refractivity contribution in [3.8, 4) is 5.75 Å². The van der Waals surface area contributed by atoms with Crippen molar-refractivity contribution in [1.82, 2.24) is 9.21 Å². The summed E-state index contributed by atoms with van der Waals surface area (Å²) < 4.78 is 32.3. The molecule has 0 N–H and O–H groups in total. The van der Waals surface area contributed by atoms with E-state index in [2.05, 4.69) is 6.07 Å². The lowest BCUT2D eigenvalue weighted by molar-refractivity contribution is -0.134. The molecule has 4 rings (SSSR count). The lowest BCUT2D eigenvalue weighted by Gasteiger charge is -2.28. The van der Waals surface area contributed by atoms with Crippen LogP contribution in [0.15, 0.2) is 47.4 Å². The minimum Gasteiger partial charge on any atom is -0.482 e. The smallest absolute Gasteiger partial charge is 0.260 e. The van der Waals surface area contributed by atoms with Crippen molar-refractivity contribution >= 4 is 27.5 Å². The Morgan fingerprint density at radius 3 is 2.48 bits per heavy atom. The molecule has 154 valence electrons. The van der Waals surface area contributed by atoms with Gasteiger partial charge in [-0.2, -0.15) is 4.31 Å². The van der Waals surface area contributed by atoms with Crippen LogP contribution in [-0.2, 0) is 27.8 Å². The van der Waals surface area contributed by atoms with Gasteiger partial charge in [-0.05, 0) is 48.6 Å². The predicted octanol–water partition coefficient (Wildman–Crippen LogP) is 3.09. The van der Waals surface area contributed by atoms with E-state index in [1.165, 1.54) is 28.1 Å². The topological polar surface area (TPSA) is 66.9 Å². The fourth-order valence-electron chi connectivity index (χ4n) is 3.78. The lowest BCUT2D eigenvalue weighted by Crippen LogP contribution is -2.38. The summed E-state index contributed by atoms with van der Waals surface area (Å²) >= 11 is 6.25. The fraction of sp³-hybridized carbons (Fsp3) is 0.381. The van der Waals surface area contributed by atoms with Gasteiger partial charge in [-0.25, -0.2) is 8.42 Å². The Hall–Kier alpha value is -2.09. The maximum absolute atomic E-state index is 12.6. The van der Waals surface area contributed by atoms with Crippen LogP contribution in [0.3, 0.4) is 0 Å². The quantitative estimate of drug-likeness (QED) is 0.725. The first kappa shape index (κ1) is 20.2. The summed E-state index contributed by atoms with van der Waals surface area (Å²) in [7, 11) is -3.54. The van der Waals surface area contributed by atoms with E-state index in [0.717, 1.165) is 24.8 Å². The van der Waals surface area contributed by atoms with E-state index < -0.39 is 10.0 Å². The molecule has 1 saturated heterocycles. The number of amides is 1. The Bertz CT molecular complexity index is 1020. The molecule has 2 heterocycles. The van der Waals surface area contributed by atoms with Gasteiger partial charge in [0.25, 0.3) is 5.91 Å². The van der Waals surface area contributed by atoms with E-state index in [9.17, 15) is 13.2 Å². The highest BCUT2D eigenvalue weighted by Crippen LogP contribution is 2.30. The second-order valence-electron chi connectivity index (χ2n) is 7.33. The Morgan fingerprint density at radius 2 is 1.76 bits per heavy atom. The van der Waals surface area contributed by atoms with Crippen LogP contribution in [0.5, 0.6) is 5.75 Å². The van der Waals surface area contributed by atoms with Crippen LogP contribution in [0.25, 0.3) is 0 Å². The monoisotopic (exact) mass is 434 g/mol. The molecule has 0 atom stereocenters. The lowest BCUT2D eigenvalue weighted by atomic mass is 10.00. The molecule has 2 aliphatic heterocycles. The molecular formula is C21H23ClN2O4S.